The van der Waals surface area contributed by atoms with Gasteiger partial charge in [-0.25, -0.2) is 0 Å². The molecular formula is C18H18F3N3O3S. The Bertz CT molecular complexity index is 873. The Morgan fingerprint density at radius 3 is 2.36 bits per heavy atom. The Morgan fingerprint density at radius 1 is 1.04 bits per heavy atom. The van der Waals surface area contributed by atoms with Crippen LogP contribution in [0.15, 0.2) is 41.5 Å². The third-order valence-electron chi connectivity index (χ3n) is 3.55. The van der Waals surface area contributed by atoms with Crippen LogP contribution in [0.3, 0.4) is 0 Å². The molecule has 0 amide bonds. The quantitative estimate of drug-likeness (QED) is 0.423. The van der Waals surface area contributed by atoms with Gasteiger partial charge < -0.3 is 19.5 Å². The van der Waals surface area contributed by atoms with Crippen LogP contribution in [0.5, 0.6) is 17.2 Å². The molecule has 0 saturated carbocycles. The Kier molecular flexibility index (Phi) is 7.05. The van der Waals surface area contributed by atoms with Gasteiger partial charge in [0.25, 0.3) is 0 Å². The van der Waals surface area contributed by atoms with Crippen LogP contribution in [-0.2, 0) is 6.18 Å². The minimum absolute atomic E-state index is 0.0232. The summed E-state index contributed by atoms with van der Waals surface area (Å²) in [6.45, 7) is 0. The highest BCUT2D eigenvalue weighted by Gasteiger charge is 2.30. The van der Waals surface area contributed by atoms with Crippen molar-refractivity contribution in [2.75, 3.05) is 26.6 Å². The number of ether oxygens (including phenoxy) is 3. The maximum absolute atomic E-state index is 12.8. The fourth-order valence-electron chi connectivity index (χ4n) is 2.32. The molecule has 0 aromatic heterocycles. The van der Waals surface area contributed by atoms with E-state index in [1.165, 1.54) is 39.7 Å². The molecule has 28 heavy (non-hydrogen) atoms. The van der Waals surface area contributed by atoms with Crippen molar-refractivity contribution in [3.05, 3.63) is 47.5 Å². The molecule has 0 radical (unpaired) electrons. The average molecular weight is 413 g/mol. The summed E-state index contributed by atoms with van der Waals surface area (Å²) in [5.74, 6) is 1.30. The van der Waals surface area contributed by atoms with Crippen LogP contribution in [-0.4, -0.2) is 32.7 Å². The zero-order valence-corrected chi connectivity index (χ0v) is 16.1. The van der Waals surface area contributed by atoms with E-state index in [4.69, 9.17) is 26.4 Å². The number of anilines is 1. The molecule has 2 rings (SSSR count). The minimum atomic E-state index is -4.44. The minimum Gasteiger partial charge on any atom is -0.493 e. The maximum Gasteiger partial charge on any atom is 0.416 e. The number of alkyl halides is 3. The van der Waals surface area contributed by atoms with Crippen LogP contribution < -0.4 is 25.0 Å². The number of nitrogens with one attached hydrogen (secondary N) is 2. The SMILES string of the molecule is COc1ccc(/C=N\NC(=S)Nc2cccc(C(F)(F)F)c2)c(OC)c1OC. The van der Waals surface area contributed by atoms with Crippen molar-refractivity contribution in [1.29, 1.82) is 0 Å². The molecule has 0 unspecified atom stereocenters. The number of nitrogens with zero attached hydrogens (tertiary/aromatic N) is 1. The second-order valence-corrected chi connectivity index (χ2v) is 5.73. The number of halogens is 3. The number of benzene rings is 2. The topological polar surface area (TPSA) is 64.1 Å². The number of hydrogen-bond acceptors (Lipinski definition) is 5. The zero-order chi connectivity index (χ0) is 20.7. The predicted molar refractivity (Wildman–Crippen MR) is 104 cm³/mol. The molecule has 0 atom stereocenters. The number of hydrazone groups is 1. The molecule has 0 saturated heterocycles. The van der Waals surface area contributed by atoms with Gasteiger partial charge in [0, 0.05) is 11.3 Å². The van der Waals surface area contributed by atoms with Gasteiger partial charge in [-0.05, 0) is 42.5 Å². The highest BCUT2D eigenvalue weighted by atomic mass is 32.1. The van der Waals surface area contributed by atoms with Crippen molar-refractivity contribution in [3.8, 4) is 17.2 Å². The molecule has 0 heterocycles. The smallest absolute Gasteiger partial charge is 0.416 e. The van der Waals surface area contributed by atoms with Crippen LogP contribution in [0.4, 0.5) is 18.9 Å². The third-order valence-corrected chi connectivity index (χ3v) is 3.75. The van der Waals surface area contributed by atoms with Gasteiger partial charge in [0.05, 0.1) is 33.1 Å². The van der Waals surface area contributed by atoms with E-state index in [1.807, 2.05) is 0 Å². The molecule has 0 aliphatic carbocycles. The van der Waals surface area contributed by atoms with Gasteiger partial charge in [-0.3, -0.25) is 5.43 Å². The number of hydrogen-bond donors (Lipinski definition) is 2. The third kappa shape index (κ3) is 5.26. The monoisotopic (exact) mass is 413 g/mol. The molecule has 2 aromatic carbocycles. The molecule has 0 bridgehead atoms. The first-order valence-electron chi connectivity index (χ1n) is 7.86. The van der Waals surface area contributed by atoms with Gasteiger partial charge in [0.15, 0.2) is 16.6 Å². The molecule has 0 spiro atoms. The molecule has 10 heteroatoms. The lowest BCUT2D eigenvalue weighted by Gasteiger charge is -2.14. The van der Waals surface area contributed by atoms with E-state index >= 15 is 0 Å². The highest BCUT2D eigenvalue weighted by Crippen LogP contribution is 2.39. The molecule has 6 nitrogen and oxygen atoms in total. The Labute approximate surface area is 165 Å². The number of thiocarbonyl (C=S) groups is 1. The van der Waals surface area contributed by atoms with Gasteiger partial charge >= 0.3 is 6.18 Å². The second-order valence-electron chi connectivity index (χ2n) is 5.33. The average Bonchev–Trinajstić information content (AvgIpc) is 2.66. The van der Waals surface area contributed by atoms with Crippen molar-refractivity contribution in [2.24, 2.45) is 5.10 Å². The van der Waals surface area contributed by atoms with Crippen LogP contribution in [0, 0.1) is 0 Å². The van der Waals surface area contributed by atoms with E-state index in [1.54, 1.807) is 12.1 Å². The zero-order valence-electron chi connectivity index (χ0n) is 15.3. The van der Waals surface area contributed by atoms with Crippen molar-refractivity contribution in [2.45, 2.75) is 6.18 Å². The fraction of sp³-hybridized carbons (Fsp3) is 0.222. The summed E-state index contributed by atoms with van der Waals surface area (Å²) < 4.78 is 54.1. The van der Waals surface area contributed by atoms with Crippen molar-refractivity contribution >= 4 is 29.2 Å². The van der Waals surface area contributed by atoms with Crippen molar-refractivity contribution in [3.63, 3.8) is 0 Å². The molecule has 0 aliphatic rings. The Hall–Kier alpha value is -3.01. The molecule has 2 N–H and O–H groups in total. The lowest BCUT2D eigenvalue weighted by atomic mass is 10.2. The lowest BCUT2D eigenvalue weighted by molar-refractivity contribution is -0.137. The normalized spacial score (nSPS) is 11.2. The Balaban J connectivity index is 2.08. The fourth-order valence-corrected chi connectivity index (χ4v) is 2.49. The van der Waals surface area contributed by atoms with Gasteiger partial charge in [-0.1, -0.05) is 6.07 Å². The first kappa shape index (κ1) is 21.3. The molecule has 2 aromatic rings. The summed E-state index contributed by atoms with van der Waals surface area (Å²) >= 11 is 5.04. The molecule has 150 valence electrons. The predicted octanol–water partition coefficient (Wildman–Crippen LogP) is 4.05. The van der Waals surface area contributed by atoms with Crippen LogP contribution in [0.2, 0.25) is 0 Å². The summed E-state index contributed by atoms with van der Waals surface area (Å²) in [6, 6.07) is 8.06. The largest absolute Gasteiger partial charge is 0.493 e. The van der Waals surface area contributed by atoms with Gasteiger partial charge in [-0.2, -0.15) is 18.3 Å². The summed E-state index contributed by atoms with van der Waals surface area (Å²) in [5.41, 5.74) is 2.52. The standard InChI is InChI=1S/C18H18F3N3O3S/c1-25-14-8-7-11(15(26-2)16(14)27-3)10-22-24-17(28)23-13-6-4-5-12(9-13)18(19,20)21/h4-10H,1-3H3,(H2,23,24,28)/b22-10-. The van der Waals surface area contributed by atoms with Gasteiger partial charge in [0.2, 0.25) is 5.75 Å². The van der Waals surface area contributed by atoms with E-state index in [9.17, 15) is 13.2 Å². The summed E-state index contributed by atoms with van der Waals surface area (Å²) in [7, 11) is 4.46. The second kappa shape index (κ2) is 9.27. The van der Waals surface area contributed by atoms with Crippen molar-refractivity contribution < 1.29 is 27.4 Å². The van der Waals surface area contributed by atoms with E-state index in [2.05, 4.69) is 15.8 Å². The van der Waals surface area contributed by atoms with E-state index < -0.39 is 11.7 Å². The summed E-state index contributed by atoms with van der Waals surface area (Å²) in [4.78, 5) is 0. The molecule has 0 fully saturated rings. The van der Waals surface area contributed by atoms with Crippen molar-refractivity contribution in [1.82, 2.24) is 5.43 Å². The molecule has 0 aliphatic heterocycles. The van der Waals surface area contributed by atoms with E-state index in [0.717, 1.165) is 12.1 Å². The number of rotatable bonds is 6. The first-order chi connectivity index (χ1) is 13.3. The van der Waals surface area contributed by atoms with E-state index in [-0.39, 0.29) is 10.8 Å². The van der Waals surface area contributed by atoms with Gasteiger partial charge in [0.1, 0.15) is 0 Å². The first-order valence-corrected chi connectivity index (χ1v) is 8.27. The highest BCUT2D eigenvalue weighted by molar-refractivity contribution is 7.80. The Morgan fingerprint density at radius 2 is 1.75 bits per heavy atom. The summed E-state index contributed by atoms with van der Waals surface area (Å²) in [6.07, 6.45) is -3.00. The maximum atomic E-state index is 12.8. The van der Waals surface area contributed by atoms with Crippen LogP contribution in [0.1, 0.15) is 11.1 Å². The van der Waals surface area contributed by atoms with Gasteiger partial charge in [-0.15, -0.1) is 0 Å². The van der Waals surface area contributed by atoms with Crippen LogP contribution in [0.25, 0.3) is 0 Å². The van der Waals surface area contributed by atoms with Crippen LogP contribution >= 0.6 is 12.2 Å². The lowest BCUT2D eigenvalue weighted by Crippen LogP contribution is -2.24. The summed E-state index contributed by atoms with van der Waals surface area (Å²) in [5, 5.41) is 6.63. The number of methoxy groups -OCH3 is 3. The van der Waals surface area contributed by atoms with E-state index in [0.29, 0.717) is 22.8 Å². The molecular weight excluding hydrogens is 395 g/mol.